The molecule has 2 aromatic heterocycles. The molecule has 5 nitrogen and oxygen atoms in total. The van der Waals surface area contributed by atoms with Gasteiger partial charge in [0.2, 0.25) is 5.91 Å². The maximum atomic E-state index is 12.0. The van der Waals surface area contributed by atoms with Crippen molar-refractivity contribution in [1.29, 1.82) is 0 Å². The van der Waals surface area contributed by atoms with Gasteiger partial charge in [-0.15, -0.1) is 0 Å². The van der Waals surface area contributed by atoms with E-state index in [1.807, 2.05) is 71.3 Å². The van der Waals surface area contributed by atoms with Gasteiger partial charge in [-0.05, 0) is 54.6 Å². The Bertz CT molecular complexity index is 1070. The number of aromatic nitrogens is 3. The van der Waals surface area contributed by atoms with Crippen LogP contribution in [0.25, 0.3) is 22.8 Å². The molecule has 1 N–H and O–H groups in total. The summed E-state index contributed by atoms with van der Waals surface area (Å²) in [6, 6.07) is 21.2. The van der Waals surface area contributed by atoms with Gasteiger partial charge in [-0.1, -0.05) is 18.2 Å². The smallest absolute Gasteiger partial charge is 0.248 e. The molecule has 0 radical (unpaired) electrons. The first-order chi connectivity index (χ1) is 12.8. The molecule has 0 saturated carbocycles. The molecule has 4 aromatic rings. The van der Waals surface area contributed by atoms with Gasteiger partial charge in [-0.2, -0.15) is 0 Å². The zero-order valence-corrected chi connectivity index (χ0v) is 13.9. The van der Waals surface area contributed by atoms with Crippen molar-refractivity contribution in [3.05, 3.63) is 91.0 Å². The van der Waals surface area contributed by atoms with Gasteiger partial charge in [-0.3, -0.25) is 14.3 Å². The summed E-state index contributed by atoms with van der Waals surface area (Å²) < 4.78 is 2.02. The number of anilines is 1. The van der Waals surface area contributed by atoms with Crippen LogP contribution in [0.15, 0.2) is 85.3 Å². The van der Waals surface area contributed by atoms with Crippen LogP contribution in [0, 0.1) is 0 Å². The van der Waals surface area contributed by atoms with Crippen molar-refractivity contribution in [3.63, 3.8) is 0 Å². The minimum Gasteiger partial charge on any atom is -0.323 e. The van der Waals surface area contributed by atoms with Gasteiger partial charge < -0.3 is 5.32 Å². The molecular weight excluding hydrogens is 324 g/mol. The van der Waals surface area contributed by atoms with E-state index in [1.54, 1.807) is 18.6 Å². The summed E-state index contributed by atoms with van der Waals surface area (Å²) in [5, 5.41) is 2.84. The van der Waals surface area contributed by atoms with Crippen LogP contribution in [0.2, 0.25) is 0 Å². The van der Waals surface area contributed by atoms with E-state index < -0.39 is 0 Å². The summed E-state index contributed by atoms with van der Waals surface area (Å²) in [7, 11) is 0. The maximum Gasteiger partial charge on any atom is 0.248 e. The van der Waals surface area contributed by atoms with Crippen molar-refractivity contribution >= 4 is 28.7 Å². The number of nitrogens with one attached hydrogen (secondary N) is 1. The lowest BCUT2D eigenvalue weighted by molar-refractivity contribution is -0.111. The standard InChI is InChI=1S/C21H16N4O/c26-21(13-10-16-5-3-4-14-22-16)24-17-8-11-18(12-9-17)25-15-23-19-6-1-2-7-20(19)25/h1-15H,(H,24,26)/b13-10-. The highest BCUT2D eigenvalue weighted by atomic mass is 16.1. The highest BCUT2D eigenvalue weighted by Gasteiger charge is 2.04. The summed E-state index contributed by atoms with van der Waals surface area (Å²) in [5.74, 6) is -0.198. The van der Waals surface area contributed by atoms with Gasteiger partial charge in [0.05, 0.1) is 16.7 Å². The van der Waals surface area contributed by atoms with Gasteiger partial charge >= 0.3 is 0 Å². The molecule has 2 heterocycles. The molecule has 0 saturated heterocycles. The molecule has 0 aliphatic carbocycles. The van der Waals surface area contributed by atoms with Crippen molar-refractivity contribution in [2.75, 3.05) is 5.32 Å². The molecule has 0 aliphatic rings. The van der Waals surface area contributed by atoms with E-state index in [4.69, 9.17) is 0 Å². The zero-order valence-electron chi connectivity index (χ0n) is 13.9. The van der Waals surface area contributed by atoms with Crippen LogP contribution >= 0.6 is 0 Å². The Morgan fingerprint density at radius 3 is 2.54 bits per heavy atom. The topological polar surface area (TPSA) is 59.8 Å². The molecule has 2 aromatic carbocycles. The fourth-order valence-corrected chi connectivity index (χ4v) is 2.69. The van der Waals surface area contributed by atoms with Gasteiger partial charge in [-0.25, -0.2) is 4.98 Å². The van der Waals surface area contributed by atoms with E-state index in [1.165, 1.54) is 6.08 Å². The van der Waals surface area contributed by atoms with Crippen molar-refractivity contribution in [2.24, 2.45) is 0 Å². The van der Waals surface area contributed by atoms with Gasteiger partial charge in [0.1, 0.15) is 6.33 Å². The molecule has 0 fully saturated rings. The predicted octanol–water partition coefficient (Wildman–Crippen LogP) is 4.07. The second-order valence-electron chi connectivity index (χ2n) is 5.73. The number of pyridine rings is 1. The number of fused-ring (bicyclic) bond motifs is 1. The van der Waals surface area contributed by atoms with Crippen LogP contribution in [0.5, 0.6) is 0 Å². The van der Waals surface area contributed by atoms with E-state index >= 15 is 0 Å². The van der Waals surface area contributed by atoms with Crippen LogP contribution in [0.4, 0.5) is 5.69 Å². The van der Waals surface area contributed by atoms with E-state index in [0.717, 1.165) is 28.1 Å². The largest absolute Gasteiger partial charge is 0.323 e. The lowest BCUT2D eigenvalue weighted by atomic mass is 10.2. The number of amides is 1. The van der Waals surface area contributed by atoms with Crippen molar-refractivity contribution in [2.45, 2.75) is 0 Å². The third-order valence-electron chi connectivity index (χ3n) is 3.96. The van der Waals surface area contributed by atoms with Crippen LogP contribution < -0.4 is 5.32 Å². The summed E-state index contributed by atoms with van der Waals surface area (Å²) in [6.45, 7) is 0. The van der Waals surface area contributed by atoms with Crippen molar-refractivity contribution < 1.29 is 4.79 Å². The highest BCUT2D eigenvalue weighted by molar-refractivity contribution is 6.01. The van der Waals surface area contributed by atoms with E-state index in [9.17, 15) is 4.79 Å². The monoisotopic (exact) mass is 340 g/mol. The first-order valence-electron chi connectivity index (χ1n) is 8.22. The average Bonchev–Trinajstić information content (AvgIpc) is 3.12. The fourth-order valence-electron chi connectivity index (χ4n) is 2.69. The van der Waals surface area contributed by atoms with Crippen molar-refractivity contribution in [1.82, 2.24) is 14.5 Å². The van der Waals surface area contributed by atoms with E-state index in [0.29, 0.717) is 0 Å². The van der Waals surface area contributed by atoms with E-state index in [2.05, 4.69) is 15.3 Å². The normalized spacial score (nSPS) is 11.1. The first-order valence-corrected chi connectivity index (χ1v) is 8.22. The molecule has 0 aliphatic heterocycles. The van der Waals surface area contributed by atoms with Gasteiger partial charge in [0.25, 0.3) is 0 Å². The number of imidazole rings is 1. The molecule has 26 heavy (non-hydrogen) atoms. The van der Waals surface area contributed by atoms with Gasteiger partial charge in [0.15, 0.2) is 0 Å². The number of hydrogen-bond acceptors (Lipinski definition) is 3. The Labute approximate surface area is 150 Å². The van der Waals surface area contributed by atoms with Gasteiger partial charge in [0, 0.05) is 23.6 Å². The molecule has 0 unspecified atom stereocenters. The number of carbonyl (C=O) groups excluding carboxylic acids is 1. The third-order valence-corrected chi connectivity index (χ3v) is 3.96. The molecule has 0 atom stereocenters. The Balaban J connectivity index is 1.48. The summed E-state index contributed by atoms with van der Waals surface area (Å²) >= 11 is 0. The number of rotatable bonds is 4. The highest BCUT2D eigenvalue weighted by Crippen LogP contribution is 2.19. The molecular formula is C21H16N4O. The number of benzene rings is 2. The Morgan fingerprint density at radius 2 is 1.73 bits per heavy atom. The maximum absolute atomic E-state index is 12.0. The van der Waals surface area contributed by atoms with Crippen LogP contribution in [0.3, 0.4) is 0 Å². The predicted molar refractivity (Wildman–Crippen MR) is 103 cm³/mol. The number of nitrogens with zero attached hydrogens (tertiary/aromatic N) is 3. The van der Waals surface area contributed by atoms with Crippen LogP contribution in [0.1, 0.15) is 5.69 Å². The summed E-state index contributed by atoms with van der Waals surface area (Å²) in [6.07, 6.45) is 6.64. The van der Waals surface area contributed by atoms with E-state index in [-0.39, 0.29) is 5.91 Å². The summed E-state index contributed by atoms with van der Waals surface area (Å²) in [4.78, 5) is 20.6. The fraction of sp³-hybridized carbons (Fsp3) is 0. The van der Waals surface area contributed by atoms with Crippen LogP contribution in [-0.2, 0) is 4.79 Å². The van der Waals surface area contributed by atoms with Crippen molar-refractivity contribution in [3.8, 4) is 5.69 Å². The lowest BCUT2D eigenvalue weighted by Gasteiger charge is -2.06. The third kappa shape index (κ3) is 3.37. The molecule has 1 amide bonds. The first kappa shape index (κ1) is 15.8. The average molecular weight is 340 g/mol. The number of hydrogen-bond donors (Lipinski definition) is 1. The molecule has 4 rings (SSSR count). The quantitative estimate of drug-likeness (QED) is 0.570. The number of para-hydroxylation sites is 2. The Morgan fingerprint density at radius 1 is 0.923 bits per heavy atom. The van der Waals surface area contributed by atoms with Crippen LogP contribution in [-0.4, -0.2) is 20.4 Å². The Hall–Kier alpha value is -3.73. The minimum atomic E-state index is -0.198. The second-order valence-corrected chi connectivity index (χ2v) is 5.73. The number of carbonyl (C=O) groups is 1. The zero-order chi connectivity index (χ0) is 17.8. The lowest BCUT2D eigenvalue weighted by Crippen LogP contribution is -2.07. The molecule has 126 valence electrons. The molecule has 0 spiro atoms. The SMILES string of the molecule is O=C(/C=C\c1ccccn1)Nc1ccc(-n2cnc3ccccc32)cc1. The minimum absolute atomic E-state index is 0.198. The Kier molecular flexibility index (Phi) is 4.26. The molecule has 0 bridgehead atoms. The molecule has 5 heteroatoms. The summed E-state index contributed by atoms with van der Waals surface area (Å²) in [5.41, 5.74) is 4.45. The second kappa shape index (κ2) is 7.03.